The van der Waals surface area contributed by atoms with Crippen LogP contribution in [0.5, 0.6) is 0 Å². The molecule has 1 fully saturated rings. The second kappa shape index (κ2) is 7.96. The van der Waals surface area contributed by atoms with Crippen LogP contribution in [0.3, 0.4) is 0 Å². The molecule has 1 aromatic rings. The molecule has 0 aromatic carbocycles. The lowest BCUT2D eigenvalue weighted by atomic mass is 10.3. The van der Waals surface area contributed by atoms with Gasteiger partial charge in [0, 0.05) is 51.9 Å². The number of likely N-dealkylation sites (tertiary alicyclic amines) is 1. The zero-order valence-corrected chi connectivity index (χ0v) is 11.8. The largest absolute Gasteiger partial charge is 0.396 e. The highest BCUT2D eigenvalue weighted by atomic mass is 16.3. The van der Waals surface area contributed by atoms with Gasteiger partial charge in [-0.3, -0.25) is 9.48 Å². The molecule has 0 saturated carbocycles. The fourth-order valence-electron chi connectivity index (χ4n) is 2.30. The fraction of sp³-hybridized carbons (Fsp3) is 0.769. The molecule has 20 heavy (non-hydrogen) atoms. The van der Waals surface area contributed by atoms with Gasteiger partial charge in [0.1, 0.15) is 0 Å². The molecule has 2 rings (SSSR count). The van der Waals surface area contributed by atoms with Crippen LogP contribution in [0, 0.1) is 0 Å². The van der Waals surface area contributed by atoms with Gasteiger partial charge in [-0.1, -0.05) is 5.21 Å². The van der Waals surface area contributed by atoms with E-state index < -0.39 is 0 Å². The Labute approximate surface area is 119 Å². The molecule has 0 atom stereocenters. The van der Waals surface area contributed by atoms with Gasteiger partial charge in [-0.25, -0.2) is 0 Å². The average Bonchev–Trinajstić information content (AvgIpc) is 3.12. The molecular weight excluding hydrogens is 258 g/mol. The smallest absolute Gasteiger partial charge is 0.223 e. The standard InChI is InChI=1S/C13H23N5O2/c19-9-3-8-18-11-12(15-16-18)10-14-5-4-13(20)17-6-1-2-7-17/h11,14,19H,1-10H2. The number of aromatic nitrogens is 3. The minimum atomic E-state index is 0.159. The van der Waals surface area contributed by atoms with Crippen LogP contribution in [-0.2, 0) is 17.9 Å². The summed E-state index contributed by atoms with van der Waals surface area (Å²) in [4.78, 5) is 13.7. The fourth-order valence-corrected chi connectivity index (χ4v) is 2.30. The van der Waals surface area contributed by atoms with Gasteiger partial charge in [-0.05, 0) is 19.3 Å². The van der Waals surface area contributed by atoms with Crippen molar-refractivity contribution in [1.82, 2.24) is 25.2 Å². The molecule has 1 amide bonds. The number of aliphatic hydroxyl groups excluding tert-OH is 1. The van der Waals surface area contributed by atoms with E-state index in [1.165, 1.54) is 0 Å². The lowest BCUT2D eigenvalue weighted by Crippen LogP contribution is -2.30. The number of aryl methyl sites for hydroxylation is 1. The normalized spacial score (nSPS) is 14.9. The summed E-state index contributed by atoms with van der Waals surface area (Å²) in [5, 5.41) is 20.0. The van der Waals surface area contributed by atoms with Crippen molar-refractivity contribution in [3.05, 3.63) is 11.9 Å². The first-order chi connectivity index (χ1) is 9.79. The number of carbonyl (C=O) groups excluding carboxylic acids is 1. The quantitative estimate of drug-likeness (QED) is 0.643. The molecule has 0 bridgehead atoms. The van der Waals surface area contributed by atoms with E-state index in [4.69, 9.17) is 5.11 Å². The highest BCUT2D eigenvalue weighted by molar-refractivity contribution is 5.76. The van der Waals surface area contributed by atoms with Crippen molar-refractivity contribution in [2.24, 2.45) is 0 Å². The van der Waals surface area contributed by atoms with Gasteiger partial charge in [0.2, 0.25) is 5.91 Å². The Bertz CT molecular complexity index is 415. The number of hydrogen-bond acceptors (Lipinski definition) is 5. The van der Waals surface area contributed by atoms with Crippen molar-refractivity contribution in [3.63, 3.8) is 0 Å². The molecule has 2 heterocycles. The van der Waals surface area contributed by atoms with Gasteiger partial charge in [0.05, 0.1) is 5.69 Å². The van der Waals surface area contributed by atoms with Gasteiger partial charge in [-0.15, -0.1) is 5.10 Å². The van der Waals surface area contributed by atoms with E-state index >= 15 is 0 Å². The first kappa shape index (κ1) is 14.9. The third-order valence-corrected chi connectivity index (χ3v) is 3.41. The van der Waals surface area contributed by atoms with Crippen molar-refractivity contribution in [2.75, 3.05) is 26.2 Å². The Kier molecular flexibility index (Phi) is 5.94. The molecule has 0 unspecified atom stereocenters. The van der Waals surface area contributed by atoms with Crippen molar-refractivity contribution in [1.29, 1.82) is 0 Å². The van der Waals surface area contributed by atoms with Gasteiger partial charge in [0.15, 0.2) is 0 Å². The van der Waals surface area contributed by atoms with Gasteiger partial charge in [0.25, 0.3) is 0 Å². The van der Waals surface area contributed by atoms with Crippen LogP contribution in [0.1, 0.15) is 31.4 Å². The van der Waals surface area contributed by atoms with E-state index in [-0.39, 0.29) is 12.5 Å². The van der Waals surface area contributed by atoms with Crippen LogP contribution < -0.4 is 5.32 Å². The number of nitrogens with one attached hydrogen (secondary N) is 1. The highest BCUT2D eigenvalue weighted by Gasteiger charge is 2.16. The Morgan fingerprint density at radius 3 is 2.95 bits per heavy atom. The minimum Gasteiger partial charge on any atom is -0.396 e. The lowest BCUT2D eigenvalue weighted by Gasteiger charge is -2.14. The maximum Gasteiger partial charge on any atom is 0.223 e. The van der Waals surface area contributed by atoms with Crippen LogP contribution in [0.4, 0.5) is 0 Å². The molecular formula is C13H23N5O2. The molecule has 7 heteroatoms. The number of nitrogens with zero attached hydrogens (tertiary/aromatic N) is 4. The maximum atomic E-state index is 11.8. The molecule has 0 spiro atoms. The summed E-state index contributed by atoms with van der Waals surface area (Å²) in [5.74, 6) is 0.238. The van der Waals surface area contributed by atoms with Crippen LogP contribution in [0.2, 0.25) is 0 Å². The summed E-state index contributed by atoms with van der Waals surface area (Å²) in [7, 11) is 0. The Morgan fingerprint density at radius 1 is 1.40 bits per heavy atom. The third kappa shape index (κ3) is 4.57. The van der Waals surface area contributed by atoms with E-state index in [1.807, 2.05) is 11.1 Å². The van der Waals surface area contributed by atoms with Gasteiger partial charge < -0.3 is 15.3 Å². The molecule has 0 radical (unpaired) electrons. The Hall–Kier alpha value is -1.47. The van der Waals surface area contributed by atoms with E-state index in [0.29, 0.717) is 32.5 Å². The topological polar surface area (TPSA) is 83.3 Å². The zero-order chi connectivity index (χ0) is 14.2. The number of rotatable bonds is 8. The molecule has 2 N–H and O–H groups in total. The van der Waals surface area contributed by atoms with E-state index in [1.54, 1.807) is 4.68 Å². The highest BCUT2D eigenvalue weighted by Crippen LogP contribution is 2.08. The summed E-state index contributed by atoms with van der Waals surface area (Å²) in [6, 6.07) is 0. The predicted octanol–water partition coefficient (Wildman–Crippen LogP) is -0.237. The number of hydrogen-bond donors (Lipinski definition) is 2. The summed E-state index contributed by atoms with van der Waals surface area (Å²) < 4.78 is 1.72. The average molecular weight is 281 g/mol. The summed E-state index contributed by atoms with van der Waals surface area (Å²) in [6.07, 6.45) is 5.36. The van der Waals surface area contributed by atoms with Crippen LogP contribution in [-0.4, -0.2) is 57.1 Å². The van der Waals surface area contributed by atoms with Crippen LogP contribution in [0.15, 0.2) is 6.20 Å². The van der Waals surface area contributed by atoms with E-state index in [9.17, 15) is 4.79 Å². The molecule has 1 aliphatic rings. The van der Waals surface area contributed by atoms with E-state index in [0.717, 1.165) is 31.6 Å². The Morgan fingerprint density at radius 2 is 2.20 bits per heavy atom. The molecule has 1 aromatic heterocycles. The number of amides is 1. The SMILES string of the molecule is O=C(CCNCc1cn(CCCO)nn1)N1CCCC1. The molecule has 7 nitrogen and oxygen atoms in total. The van der Waals surface area contributed by atoms with Crippen LogP contribution in [0.25, 0.3) is 0 Å². The van der Waals surface area contributed by atoms with Gasteiger partial charge in [-0.2, -0.15) is 0 Å². The second-order valence-corrected chi connectivity index (χ2v) is 5.06. The monoisotopic (exact) mass is 281 g/mol. The molecule has 0 aliphatic carbocycles. The summed E-state index contributed by atoms with van der Waals surface area (Å²) in [5.41, 5.74) is 0.858. The molecule has 1 saturated heterocycles. The summed E-state index contributed by atoms with van der Waals surface area (Å²) >= 11 is 0. The number of aliphatic hydroxyl groups is 1. The summed E-state index contributed by atoms with van der Waals surface area (Å²) in [6.45, 7) is 3.95. The van der Waals surface area contributed by atoms with Crippen molar-refractivity contribution in [2.45, 2.75) is 38.8 Å². The first-order valence-electron chi connectivity index (χ1n) is 7.28. The predicted molar refractivity (Wildman–Crippen MR) is 73.9 cm³/mol. The third-order valence-electron chi connectivity index (χ3n) is 3.41. The minimum absolute atomic E-state index is 0.159. The number of carbonyl (C=O) groups is 1. The van der Waals surface area contributed by atoms with Crippen molar-refractivity contribution in [3.8, 4) is 0 Å². The lowest BCUT2D eigenvalue weighted by molar-refractivity contribution is -0.130. The van der Waals surface area contributed by atoms with Crippen molar-refractivity contribution >= 4 is 5.91 Å². The maximum absolute atomic E-state index is 11.8. The zero-order valence-electron chi connectivity index (χ0n) is 11.8. The second-order valence-electron chi connectivity index (χ2n) is 5.06. The van der Waals surface area contributed by atoms with Gasteiger partial charge >= 0.3 is 0 Å². The van der Waals surface area contributed by atoms with Crippen LogP contribution >= 0.6 is 0 Å². The molecule has 112 valence electrons. The van der Waals surface area contributed by atoms with Crippen molar-refractivity contribution < 1.29 is 9.90 Å². The van der Waals surface area contributed by atoms with E-state index in [2.05, 4.69) is 15.6 Å². The molecule has 1 aliphatic heterocycles. The first-order valence-corrected chi connectivity index (χ1v) is 7.28. The Balaban J connectivity index is 1.60.